The van der Waals surface area contributed by atoms with E-state index in [1.807, 2.05) is 13.8 Å². The molecule has 7 rings (SSSR count). The number of hydrogen-bond acceptors (Lipinski definition) is 9. The number of alkyl halides is 3. The molecule has 1 aliphatic heterocycles. The molecular formula is C30H37F3N6O3. The Balaban J connectivity index is 1.09. The molecule has 1 aromatic carbocycles. The van der Waals surface area contributed by atoms with Crippen LogP contribution >= 0.6 is 0 Å². The third-order valence-electron chi connectivity index (χ3n) is 9.27. The first-order valence-corrected chi connectivity index (χ1v) is 14.6. The molecule has 4 saturated carbocycles. The van der Waals surface area contributed by atoms with E-state index in [1.54, 1.807) is 12.1 Å². The van der Waals surface area contributed by atoms with Crippen LogP contribution in [0.4, 0.5) is 24.9 Å². The maximum Gasteiger partial charge on any atom is 0.573 e. The number of para-hydroxylation sites is 1. The van der Waals surface area contributed by atoms with Gasteiger partial charge in [-0.3, -0.25) is 0 Å². The molecule has 5 atom stereocenters. The Kier molecular flexibility index (Phi) is 7.70. The molecule has 1 unspecified atom stereocenters. The van der Waals surface area contributed by atoms with E-state index in [2.05, 4.69) is 36.7 Å². The van der Waals surface area contributed by atoms with Crippen LogP contribution in [0, 0.1) is 34.5 Å². The lowest BCUT2D eigenvalue weighted by atomic mass is 9.48. The Morgan fingerprint density at radius 3 is 2.48 bits per heavy atom. The number of rotatable bonds is 9. The van der Waals surface area contributed by atoms with E-state index in [4.69, 9.17) is 9.47 Å². The molecule has 9 nitrogen and oxygen atoms in total. The van der Waals surface area contributed by atoms with Gasteiger partial charge in [0.25, 0.3) is 0 Å². The smallest absolute Gasteiger partial charge is 0.405 e. The quantitative estimate of drug-likeness (QED) is 0.365. The van der Waals surface area contributed by atoms with Crippen LogP contribution in [0.3, 0.4) is 0 Å². The van der Waals surface area contributed by atoms with Gasteiger partial charge in [-0.2, -0.15) is 10.2 Å². The first-order valence-electron chi connectivity index (χ1n) is 14.6. The molecule has 1 aromatic heterocycles. The van der Waals surface area contributed by atoms with E-state index >= 15 is 0 Å². The molecular weight excluding hydrogens is 549 g/mol. The van der Waals surface area contributed by atoms with Gasteiger partial charge in [0, 0.05) is 24.7 Å². The third-order valence-corrected chi connectivity index (χ3v) is 9.27. The van der Waals surface area contributed by atoms with Crippen LogP contribution in [0.2, 0.25) is 0 Å². The molecule has 4 bridgehead atoms. The van der Waals surface area contributed by atoms with Gasteiger partial charge in [0.15, 0.2) is 5.79 Å². The molecule has 5 fully saturated rings. The fraction of sp³-hybridized carbons (Fsp3) is 0.633. The minimum atomic E-state index is -4.79. The van der Waals surface area contributed by atoms with Crippen molar-refractivity contribution in [2.45, 2.75) is 76.7 Å². The van der Waals surface area contributed by atoms with Crippen LogP contribution < -0.4 is 20.7 Å². The summed E-state index contributed by atoms with van der Waals surface area (Å²) in [7, 11) is 0. The van der Waals surface area contributed by atoms with Crippen molar-refractivity contribution in [1.82, 2.24) is 15.3 Å². The highest BCUT2D eigenvalue weighted by molar-refractivity contribution is 5.53. The average molecular weight is 587 g/mol. The molecule has 226 valence electrons. The second-order valence-electron chi connectivity index (χ2n) is 12.8. The highest BCUT2D eigenvalue weighted by atomic mass is 19.4. The molecule has 0 spiro atoms. The van der Waals surface area contributed by atoms with Gasteiger partial charge in [-0.05, 0) is 75.2 Å². The fourth-order valence-corrected chi connectivity index (χ4v) is 7.75. The number of ether oxygens (including phenoxy) is 3. The Bertz CT molecular complexity index is 1310. The van der Waals surface area contributed by atoms with Crippen LogP contribution in [-0.2, 0) is 16.0 Å². The van der Waals surface area contributed by atoms with Gasteiger partial charge in [0.05, 0.1) is 25.5 Å². The summed E-state index contributed by atoms with van der Waals surface area (Å²) in [6.45, 7) is 5.94. The summed E-state index contributed by atoms with van der Waals surface area (Å²) >= 11 is 0. The van der Waals surface area contributed by atoms with E-state index in [9.17, 15) is 18.4 Å². The number of hydrogen-bond donors (Lipinski definition) is 3. The number of nitrogens with zero attached hydrogens (tertiary/aromatic N) is 3. The third kappa shape index (κ3) is 6.43. The Hall–Kier alpha value is -3.14. The zero-order valence-corrected chi connectivity index (χ0v) is 23.8. The largest absolute Gasteiger partial charge is 0.573 e. The minimum absolute atomic E-state index is 0.0233. The van der Waals surface area contributed by atoms with E-state index in [0.717, 1.165) is 19.3 Å². The van der Waals surface area contributed by atoms with Gasteiger partial charge < -0.3 is 30.2 Å². The maximum absolute atomic E-state index is 12.8. The molecule has 12 heteroatoms. The number of benzene rings is 1. The monoisotopic (exact) mass is 586 g/mol. The number of nitriles is 1. The van der Waals surface area contributed by atoms with E-state index in [1.165, 1.54) is 31.2 Å². The molecule has 5 aliphatic rings. The van der Waals surface area contributed by atoms with E-state index < -0.39 is 12.1 Å². The summed E-state index contributed by atoms with van der Waals surface area (Å²) in [6, 6.07) is 8.74. The molecule has 4 aliphatic carbocycles. The molecule has 0 amide bonds. The normalized spacial score (nSPS) is 30.1. The van der Waals surface area contributed by atoms with Gasteiger partial charge in [-0.1, -0.05) is 18.2 Å². The van der Waals surface area contributed by atoms with Crippen molar-refractivity contribution < 1.29 is 27.4 Å². The fourth-order valence-electron chi connectivity index (χ4n) is 7.75. The van der Waals surface area contributed by atoms with Crippen molar-refractivity contribution in [1.29, 1.82) is 5.26 Å². The summed E-state index contributed by atoms with van der Waals surface area (Å²) in [4.78, 5) is 8.73. The lowest BCUT2D eigenvalue weighted by Gasteiger charge is -2.61. The van der Waals surface area contributed by atoms with Gasteiger partial charge in [0.1, 0.15) is 23.2 Å². The number of halogens is 3. The summed E-state index contributed by atoms with van der Waals surface area (Å²) in [6.07, 6.45) is 2.50. The van der Waals surface area contributed by atoms with Crippen molar-refractivity contribution in [2.24, 2.45) is 23.2 Å². The molecule has 1 saturated heterocycles. The predicted molar refractivity (Wildman–Crippen MR) is 148 cm³/mol. The molecule has 2 aromatic rings. The van der Waals surface area contributed by atoms with Crippen molar-refractivity contribution in [2.75, 3.05) is 30.4 Å². The summed E-state index contributed by atoms with van der Waals surface area (Å²) in [5.74, 6) is 1.72. The molecule has 3 N–H and O–H groups in total. The molecule has 0 radical (unpaired) electrons. The molecule has 2 heterocycles. The Morgan fingerprint density at radius 1 is 1.07 bits per heavy atom. The lowest BCUT2D eigenvalue weighted by molar-refractivity contribution is -0.274. The van der Waals surface area contributed by atoms with Crippen molar-refractivity contribution in [3.63, 3.8) is 0 Å². The number of nitrogens with one attached hydrogen (secondary N) is 3. The van der Waals surface area contributed by atoms with Crippen LogP contribution in [0.1, 0.15) is 57.1 Å². The van der Waals surface area contributed by atoms with Gasteiger partial charge in [-0.15, -0.1) is 13.2 Å². The molecule has 42 heavy (non-hydrogen) atoms. The summed E-state index contributed by atoms with van der Waals surface area (Å²) in [5, 5.41) is 20.0. The van der Waals surface area contributed by atoms with Gasteiger partial charge in [0.2, 0.25) is 5.95 Å². The predicted octanol–water partition coefficient (Wildman–Crippen LogP) is 5.21. The first-order chi connectivity index (χ1) is 20.0. The second-order valence-corrected chi connectivity index (χ2v) is 12.8. The standard InChI is InChI=1S/C30H37F3N6O3/c1-28(2)40-15-23(16-41-28)38-25-20-7-18-8-21(25)11-29(9-18,10-20)17-37-26-22(12-34)14-36-27(39-26)35-13-19-5-3-4-6-24(19)42-30(31,32)33/h3-6,14,18,20-21,23,25,38H,7-11,13,15-17H2,1-2H3,(H2,35,36,37,39)/t18?,20-,21+,25+,29-. The lowest BCUT2D eigenvalue weighted by Crippen LogP contribution is -2.63. The van der Waals surface area contributed by atoms with Crippen molar-refractivity contribution in [3.8, 4) is 11.8 Å². The van der Waals surface area contributed by atoms with Crippen molar-refractivity contribution in [3.05, 3.63) is 41.6 Å². The highest BCUT2D eigenvalue weighted by Crippen LogP contribution is 2.60. The average Bonchev–Trinajstić information content (AvgIpc) is 2.93. The van der Waals surface area contributed by atoms with E-state index in [0.29, 0.717) is 60.5 Å². The SMILES string of the molecule is CC1(C)OCC(N[C@H]2[C@@H]3CC4C[C@H]2C[C@@](CNc2nc(NCc5ccccc5OC(F)(F)F)ncc2C#N)(C4)C3)CO1. The zero-order valence-electron chi connectivity index (χ0n) is 23.8. The maximum atomic E-state index is 12.8. The Morgan fingerprint density at radius 2 is 1.79 bits per heavy atom. The summed E-state index contributed by atoms with van der Waals surface area (Å²) in [5.41, 5.74) is 0.769. The van der Waals surface area contributed by atoms with E-state index in [-0.39, 0.29) is 29.7 Å². The highest BCUT2D eigenvalue weighted by Gasteiger charge is 2.55. The first kappa shape index (κ1) is 29.0. The minimum Gasteiger partial charge on any atom is -0.405 e. The van der Waals surface area contributed by atoms with Gasteiger partial charge >= 0.3 is 6.36 Å². The number of aromatic nitrogens is 2. The van der Waals surface area contributed by atoms with Crippen LogP contribution in [0.5, 0.6) is 5.75 Å². The number of anilines is 2. The Labute approximate surface area is 243 Å². The van der Waals surface area contributed by atoms with Crippen LogP contribution in [0.25, 0.3) is 0 Å². The topological polar surface area (TPSA) is 113 Å². The second kappa shape index (κ2) is 11.2. The van der Waals surface area contributed by atoms with Crippen LogP contribution in [-0.4, -0.2) is 54.0 Å². The van der Waals surface area contributed by atoms with Crippen LogP contribution in [0.15, 0.2) is 30.5 Å². The van der Waals surface area contributed by atoms with Crippen molar-refractivity contribution >= 4 is 11.8 Å². The van der Waals surface area contributed by atoms with Gasteiger partial charge in [-0.25, -0.2) is 4.98 Å². The zero-order chi connectivity index (χ0) is 29.5. The summed E-state index contributed by atoms with van der Waals surface area (Å²) < 4.78 is 54.3.